The molecule has 2 rings (SSSR count). The molecule has 0 N–H and O–H groups in total. The van der Waals surface area contributed by atoms with Gasteiger partial charge >= 0.3 is 0 Å². The molecule has 0 atom stereocenters. The summed E-state index contributed by atoms with van der Waals surface area (Å²) in [6.07, 6.45) is 2.89. The highest BCUT2D eigenvalue weighted by Crippen LogP contribution is 2.25. The second-order valence-corrected chi connectivity index (χ2v) is 4.72. The summed E-state index contributed by atoms with van der Waals surface area (Å²) >= 11 is 0. The molecular weight excluding hydrogens is 205 g/mol. The Bertz CT molecular complexity index is 585. The number of hydrogen-bond acceptors (Lipinski definition) is 2. The lowest BCUT2D eigenvalue weighted by atomic mass is 10.1. The SMILES string of the molecule is CC(C)(C)n1cc(F)c2cc(C#N)cnc21. The molecule has 2 aromatic heterocycles. The highest BCUT2D eigenvalue weighted by Gasteiger charge is 2.19. The average molecular weight is 217 g/mol. The molecular formula is C12H12FN3. The lowest BCUT2D eigenvalue weighted by molar-refractivity contribution is 0.404. The van der Waals surface area contributed by atoms with E-state index in [2.05, 4.69) is 4.98 Å². The predicted octanol–water partition coefficient (Wildman–Crippen LogP) is 2.80. The molecule has 0 amide bonds. The van der Waals surface area contributed by atoms with Gasteiger partial charge in [-0.25, -0.2) is 9.37 Å². The highest BCUT2D eigenvalue weighted by atomic mass is 19.1. The maximum atomic E-state index is 13.7. The zero-order chi connectivity index (χ0) is 11.9. The Morgan fingerprint density at radius 3 is 2.69 bits per heavy atom. The van der Waals surface area contributed by atoms with E-state index >= 15 is 0 Å². The molecule has 0 bridgehead atoms. The Kier molecular flexibility index (Phi) is 2.20. The maximum absolute atomic E-state index is 13.7. The third kappa shape index (κ3) is 1.54. The van der Waals surface area contributed by atoms with Gasteiger partial charge < -0.3 is 4.57 Å². The summed E-state index contributed by atoms with van der Waals surface area (Å²) in [4.78, 5) is 4.14. The third-order valence-electron chi connectivity index (χ3n) is 2.45. The van der Waals surface area contributed by atoms with E-state index in [9.17, 15) is 4.39 Å². The first-order valence-electron chi connectivity index (χ1n) is 5.00. The largest absolute Gasteiger partial charge is 0.324 e. The fourth-order valence-corrected chi connectivity index (χ4v) is 1.64. The van der Waals surface area contributed by atoms with E-state index in [-0.39, 0.29) is 11.4 Å². The van der Waals surface area contributed by atoms with E-state index in [0.717, 1.165) is 0 Å². The lowest BCUT2D eigenvalue weighted by Crippen LogP contribution is -2.20. The van der Waals surface area contributed by atoms with Crippen molar-refractivity contribution in [2.75, 3.05) is 0 Å². The molecule has 2 heterocycles. The van der Waals surface area contributed by atoms with Crippen molar-refractivity contribution < 1.29 is 4.39 Å². The first-order chi connectivity index (χ1) is 7.43. The van der Waals surface area contributed by atoms with Gasteiger partial charge in [0.2, 0.25) is 0 Å². The van der Waals surface area contributed by atoms with Gasteiger partial charge in [0.1, 0.15) is 17.5 Å². The summed E-state index contributed by atoms with van der Waals surface area (Å²) in [6.45, 7) is 5.93. The molecule has 0 spiro atoms. The summed E-state index contributed by atoms with van der Waals surface area (Å²) < 4.78 is 15.5. The van der Waals surface area contributed by atoms with Gasteiger partial charge in [-0.1, -0.05) is 0 Å². The van der Waals surface area contributed by atoms with E-state index in [4.69, 9.17) is 5.26 Å². The average Bonchev–Trinajstić information content (AvgIpc) is 2.55. The Morgan fingerprint density at radius 2 is 2.12 bits per heavy atom. The number of hydrogen-bond donors (Lipinski definition) is 0. The van der Waals surface area contributed by atoms with Crippen molar-refractivity contribution in [1.82, 2.24) is 9.55 Å². The van der Waals surface area contributed by atoms with Crippen LogP contribution in [0.3, 0.4) is 0 Å². The standard InChI is InChI=1S/C12H12FN3/c1-12(2,3)16-7-10(13)9-4-8(5-14)6-15-11(9)16/h4,6-7H,1-3H3. The van der Waals surface area contributed by atoms with E-state index in [0.29, 0.717) is 16.6 Å². The van der Waals surface area contributed by atoms with E-state index in [1.165, 1.54) is 18.5 Å². The van der Waals surface area contributed by atoms with Gasteiger partial charge in [0.25, 0.3) is 0 Å². The molecule has 16 heavy (non-hydrogen) atoms. The summed E-state index contributed by atoms with van der Waals surface area (Å²) in [5, 5.41) is 9.13. The minimum Gasteiger partial charge on any atom is -0.324 e. The minimum absolute atomic E-state index is 0.232. The normalized spacial score (nSPS) is 11.7. The molecule has 0 aliphatic rings. The second kappa shape index (κ2) is 3.31. The van der Waals surface area contributed by atoms with Crippen molar-refractivity contribution >= 4 is 11.0 Å². The Balaban J connectivity index is 2.78. The minimum atomic E-state index is -0.338. The fraction of sp³-hybridized carbons (Fsp3) is 0.333. The Labute approximate surface area is 93.1 Å². The molecule has 2 aromatic rings. The summed E-state index contributed by atoms with van der Waals surface area (Å²) in [5.41, 5.74) is 0.714. The lowest BCUT2D eigenvalue weighted by Gasteiger charge is -2.21. The number of halogens is 1. The van der Waals surface area contributed by atoms with Crippen LogP contribution in [0.15, 0.2) is 18.5 Å². The van der Waals surface area contributed by atoms with Crippen LogP contribution in [-0.4, -0.2) is 9.55 Å². The molecule has 0 saturated heterocycles. The van der Waals surface area contributed by atoms with Gasteiger partial charge in [0.15, 0.2) is 0 Å². The molecule has 0 radical (unpaired) electrons. The molecule has 0 aliphatic carbocycles. The van der Waals surface area contributed by atoms with Gasteiger partial charge in [0, 0.05) is 17.9 Å². The molecule has 3 nitrogen and oxygen atoms in total. The number of fused-ring (bicyclic) bond motifs is 1. The van der Waals surface area contributed by atoms with Crippen LogP contribution in [0.1, 0.15) is 26.3 Å². The first kappa shape index (κ1) is 10.6. The zero-order valence-electron chi connectivity index (χ0n) is 9.45. The van der Waals surface area contributed by atoms with Crippen LogP contribution < -0.4 is 0 Å². The van der Waals surface area contributed by atoms with Crippen LogP contribution in [0.4, 0.5) is 4.39 Å². The van der Waals surface area contributed by atoms with E-state index in [1.54, 1.807) is 4.57 Å². The Morgan fingerprint density at radius 1 is 1.44 bits per heavy atom. The van der Waals surface area contributed by atoms with E-state index < -0.39 is 0 Å². The van der Waals surface area contributed by atoms with Gasteiger partial charge in [-0.2, -0.15) is 5.26 Å². The Hall–Kier alpha value is -1.89. The van der Waals surface area contributed by atoms with Gasteiger partial charge in [0.05, 0.1) is 10.9 Å². The number of nitriles is 1. The highest BCUT2D eigenvalue weighted by molar-refractivity contribution is 5.78. The van der Waals surface area contributed by atoms with Crippen molar-refractivity contribution in [3.8, 4) is 6.07 Å². The van der Waals surface area contributed by atoms with Crippen LogP contribution in [0, 0.1) is 17.1 Å². The molecule has 4 heteroatoms. The smallest absolute Gasteiger partial charge is 0.150 e. The van der Waals surface area contributed by atoms with Gasteiger partial charge in [-0.15, -0.1) is 0 Å². The second-order valence-electron chi connectivity index (χ2n) is 4.72. The number of nitrogens with zero attached hydrogens (tertiary/aromatic N) is 3. The van der Waals surface area contributed by atoms with Crippen molar-refractivity contribution in [3.05, 3.63) is 29.8 Å². The topological polar surface area (TPSA) is 41.6 Å². The van der Waals surface area contributed by atoms with Crippen LogP contribution in [0.2, 0.25) is 0 Å². The fourth-order valence-electron chi connectivity index (χ4n) is 1.64. The summed E-state index contributed by atoms with van der Waals surface area (Å²) in [7, 11) is 0. The first-order valence-corrected chi connectivity index (χ1v) is 5.00. The van der Waals surface area contributed by atoms with Crippen molar-refractivity contribution in [3.63, 3.8) is 0 Å². The van der Waals surface area contributed by atoms with Crippen molar-refractivity contribution in [2.45, 2.75) is 26.3 Å². The summed E-state index contributed by atoms with van der Waals surface area (Å²) in [6, 6.07) is 3.48. The molecule has 0 saturated carbocycles. The molecule has 0 unspecified atom stereocenters. The maximum Gasteiger partial charge on any atom is 0.150 e. The third-order valence-corrected chi connectivity index (χ3v) is 2.45. The van der Waals surface area contributed by atoms with Crippen LogP contribution in [0.5, 0.6) is 0 Å². The van der Waals surface area contributed by atoms with Gasteiger partial charge in [-0.3, -0.25) is 0 Å². The molecule has 0 aromatic carbocycles. The zero-order valence-corrected chi connectivity index (χ0v) is 9.45. The van der Waals surface area contributed by atoms with Gasteiger partial charge in [-0.05, 0) is 26.8 Å². The van der Waals surface area contributed by atoms with Crippen molar-refractivity contribution in [2.24, 2.45) is 0 Å². The van der Waals surface area contributed by atoms with Crippen LogP contribution >= 0.6 is 0 Å². The van der Waals surface area contributed by atoms with Crippen LogP contribution in [-0.2, 0) is 5.54 Å². The number of pyridine rings is 1. The quantitative estimate of drug-likeness (QED) is 0.680. The number of aromatic nitrogens is 2. The molecule has 82 valence electrons. The predicted molar refractivity (Wildman–Crippen MR) is 59.4 cm³/mol. The summed E-state index contributed by atoms with van der Waals surface area (Å²) in [5.74, 6) is -0.338. The molecule has 0 aliphatic heterocycles. The van der Waals surface area contributed by atoms with E-state index in [1.807, 2.05) is 26.8 Å². The van der Waals surface area contributed by atoms with Crippen molar-refractivity contribution in [1.29, 1.82) is 5.26 Å². The number of rotatable bonds is 0. The molecule has 0 fully saturated rings. The monoisotopic (exact) mass is 217 g/mol. The van der Waals surface area contributed by atoms with Crippen LogP contribution in [0.25, 0.3) is 11.0 Å².